The lowest BCUT2D eigenvalue weighted by molar-refractivity contribution is -0.146. The van der Waals surface area contributed by atoms with Gasteiger partial charge in [0.1, 0.15) is 18.1 Å². The average Bonchev–Trinajstić information content (AvgIpc) is 3.34. The smallest absolute Gasteiger partial charge is 0.230 e. The minimum absolute atomic E-state index is 0.0739. The van der Waals surface area contributed by atoms with E-state index in [1.807, 2.05) is 12.1 Å². The van der Waals surface area contributed by atoms with Crippen LogP contribution < -0.4 is 0 Å². The van der Waals surface area contributed by atoms with E-state index in [0.717, 1.165) is 44.7 Å². The second-order valence-corrected chi connectivity index (χ2v) is 8.99. The molecule has 5 nitrogen and oxygen atoms in total. The number of rotatable bonds is 6. The molecule has 29 heavy (non-hydrogen) atoms. The van der Waals surface area contributed by atoms with E-state index in [2.05, 4.69) is 47.9 Å². The zero-order valence-electron chi connectivity index (χ0n) is 17.6. The summed E-state index contributed by atoms with van der Waals surface area (Å²) in [5, 5.41) is 9.18. The highest BCUT2D eigenvalue weighted by atomic mass is 16.4. The third-order valence-electron chi connectivity index (χ3n) is 6.53. The van der Waals surface area contributed by atoms with E-state index >= 15 is 0 Å². The Hall–Kier alpha value is -2.11. The number of carbonyl (C=O) groups is 1. The number of hydrogen-bond donors (Lipinski definition) is 1. The molecule has 2 aromatic rings. The lowest BCUT2D eigenvalue weighted by Crippen LogP contribution is -2.49. The number of benzene rings is 1. The van der Waals surface area contributed by atoms with Gasteiger partial charge in [-0.25, -0.2) is 0 Å². The molecule has 3 heterocycles. The summed E-state index contributed by atoms with van der Waals surface area (Å²) in [5.41, 5.74) is 2.30. The van der Waals surface area contributed by atoms with Crippen LogP contribution in [0.2, 0.25) is 0 Å². The van der Waals surface area contributed by atoms with Crippen LogP contribution in [0.4, 0.5) is 0 Å². The van der Waals surface area contributed by atoms with Gasteiger partial charge >= 0.3 is 0 Å². The van der Waals surface area contributed by atoms with E-state index in [9.17, 15) is 9.90 Å². The lowest BCUT2D eigenvalue weighted by Gasteiger charge is -2.39. The molecule has 1 spiro atoms. The fourth-order valence-corrected chi connectivity index (χ4v) is 4.82. The van der Waals surface area contributed by atoms with Gasteiger partial charge in [0.25, 0.3) is 0 Å². The molecule has 2 saturated heterocycles. The van der Waals surface area contributed by atoms with Crippen LogP contribution in [0.1, 0.15) is 61.7 Å². The van der Waals surface area contributed by atoms with Crippen molar-refractivity contribution >= 4 is 5.91 Å². The lowest BCUT2D eigenvalue weighted by atomic mass is 9.78. The first-order valence-electron chi connectivity index (χ1n) is 10.8. The zero-order valence-corrected chi connectivity index (χ0v) is 17.6. The van der Waals surface area contributed by atoms with Crippen LogP contribution in [0.5, 0.6) is 0 Å². The quantitative estimate of drug-likeness (QED) is 0.804. The van der Waals surface area contributed by atoms with Crippen molar-refractivity contribution in [1.29, 1.82) is 0 Å². The molecule has 2 aliphatic heterocycles. The molecule has 0 radical (unpaired) electrons. The van der Waals surface area contributed by atoms with Gasteiger partial charge in [0.05, 0.1) is 12.0 Å². The molecule has 4 rings (SSSR count). The number of piperidine rings is 1. The molecule has 2 aliphatic rings. The van der Waals surface area contributed by atoms with Crippen LogP contribution >= 0.6 is 0 Å². The third-order valence-corrected chi connectivity index (χ3v) is 6.53. The summed E-state index contributed by atoms with van der Waals surface area (Å²) in [5.74, 6) is 2.29. The average molecular weight is 397 g/mol. The van der Waals surface area contributed by atoms with Crippen molar-refractivity contribution < 1.29 is 14.3 Å². The first kappa shape index (κ1) is 20.2. The van der Waals surface area contributed by atoms with E-state index < -0.39 is 0 Å². The molecule has 0 bridgehead atoms. The van der Waals surface area contributed by atoms with Crippen LogP contribution in [0.25, 0.3) is 0 Å². The van der Waals surface area contributed by atoms with Crippen LogP contribution in [-0.4, -0.2) is 40.4 Å². The number of carbonyl (C=O) groups excluding carboxylic acids is 1. The van der Waals surface area contributed by atoms with Crippen LogP contribution in [0.15, 0.2) is 40.8 Å². The first-order chi connectivity index (χ1) is 14.0. The van der Waals surface area contributed by atoms with E-state index in [1.165, 1.54) is 11.1 Å². The predicted molar refractivity (Wildman–Crippen MR) is 112 cm³/mol. The summed E-state index contributed by atoms with van der Waals surface area (Å²) in [6.07, 6.45) is 2.96. The minimum Gasteiger partial charge on any atom is -0.462 e. The summed E-state index contributed by atoms with van der Waals surface area (Å²) in [6, 6.07) is 12.4. The van der Waals surface area contributed by atoms with Crippen molar-refractivity contribution in [1.82, 2.24) is 9.80 Å². The third kappa shape index (κ3) is 4.26. The summed E-state index contributed by atoms with van der Waals surface area (Å²) in [7, 11) is 0. The van der Waals surface area contributed by atoms with Gasteiger partial charge in [0.15, 0.2) is 0 Å². The predicted octanol–water partition coefficient (Wildman–Crippen LogP) is 3.91. The van der Waals surface area contributed by atoms with Gasteiger partial charge in [-0.15, -0.1) is 0 Å². The van der Waals surface area contributed by atoms with Gasteiger partial charge < -0.3 is 14.4 Å². The Balaban J connectivity index is 1.40. The first-order valence-corrected chi connectivity index (χ1v) is 10.8. The van der Waals surface area contributed by atoms with Crippen molar-refractivity contribution in [2.24, 2.45) is 5.41 Å². The molecule has 0 aliphatic carbocycles. The summed E-state index contributed by atoms with van der Waals surface area (Å²) < 4.78 is 5.64. The van der Waals surface area contributed by atoms with E-state index in [4.69, 9.17) is 4.42 Å². The Morgan fingerprint density at radius 1 is 1.03 bits per heavy atom. The molecule has 2 fully saturated rings. The number of aliphatic hydroxyl groups is 1. The number of hydrogen-bond acceptors (Lipinski definition) is 4. The normalized spacial score (nSPS) is 22.9. The van der Waals surface area contributed by atoms with Gasteiger partial charge in [-0.3, -0.25) is 9.69 Å². The standard InChI is InChI=1S/C24H32N2O3/c1-18(2)20-6-4-19(5-7-20)14-26-12-3-10-24(23(26)28)11-13-25(17-24)15-21-8-9-22(16-27)29-21/h4-9,18,27H,3,10-17H2,1-2H3/t24-/m1/s1. The second kappa shape index (κ2) is 8.33. The maximum atomic E-state index is 13.4. The van der Waals surface area contributed by atoms with Crippen molar-refractivity contribution in [3.05, 3.63) is 59.0 Å². The molecule has 5 heteroatoms. The zero-order chi connectivity index (χ0) is 20.4. The Morgan fingerprint density at radius 3 is 2.48 bits per heavy atom. The van der Waals surface area contributed by atoms with Gasteiger partial charge in [-0.05, 0) is 55.0 Å². The van der Waals surface area contributed by atoms with Crippen LogP contribution in [0, 0.1) is 5.41 Å². The van der Waals surface area contributed by atoms with E-state index in [-0.39, 0.29) is 12.0 Å². The van der Waals surface area contributed by atoms with E-state index in [1.54, 1.807) is 0 Å². The SMILES string of the molecule is CC(C)c1ccc(CN2CCC[C@]3(CCN(Cc4ccc(CO)o4)C3)C2=O)cc1. The Morgan fingerprint density at radius 2 is 1.79 bits per heavy atom. The molecule has 156 valence electrons. The van der Waals surface area contributed by atoms with Crippen molar-refractivity contribution in [3.63, 3.8) is 0 Å². The van der Waals surface area contributed by atoms with Crippen molar-refractivity contribution in [2.75, 3.05) is 19.6 Å². The molecule has 1 atom stereocenters. The molecule has 1 N–H and O–H groups in total. The van der Waals surface area contributed by atoms with Crippen molar-refractivity contribution in [3.8, 4) is 0 Å². The highest BCUT2D eigenvalue weighted by Crippen LogP contribution is 2.41. The number of nitrogens with zero attached hydrogens (tertiary/aromatic N) is 2. The Kier molecular flexibility index (Phi) is 5.79. The Bertz CT molecular complexity index is 842. The van der Waals surface area contributed by atoms with Crippen molar-refractivity contribution in [2.45, 2.75) is 58.7 Å². The molecule has 1 aromatic carbocycles. The Labute approximate surface area is 173 Å². The number of furan rings is 1. The fraction of sp³-hybridized carbons (Fsp3) is 0.542. The van der Waals surface area contributed by atoms with E-state index in [0.29, 0.717) is 30.7 Å². The highest BCUT2D eigenvalue weighted by Gasteiger charge is 2.48. The van der Waals surface area contributed by atoms with Gasteiger partial charge in [0.2, 0.25) is 5.91 Å². The van der Waals surface area contributed by atoms with Gasteiger partial charge in [0, 0.05) is 19.6 Å². The molecule has 1 amide bonds. The maximum Gasteiger partial charge on any atom is 0.230 e. The summed E-state index contributed by atoms with van der Waals surface area (Å²) in [4.78, 5) is 17.8. The fourth-order valence-electron chi connectivity index (χ4n) is 4.82. The number of aliphatic hydroxyl groups excluding tert-OH is 1. The topological polar surface area (TPSA) is 56.9 Å². The van der Waals surface area contributed by atoms with Crippen LogP contribution in [-0.2, 0) is 24.5 Å². The van der Waals surface area contributed by atoms with Crippen LogP contribution in [0.3, 0.4) is 0 Å². The molecule has 0 unspecified atom stereocenters. The number of amides is 1. The molecular weight excluding hydrogens is 364 g/mol. The monoisotopic (exact) mass is 396 g/mol. The molecule has 0 saturated carbocycles. The largest absolute Gasteiger partial charge is 0.462 e. The van der Waals surface area contributed by atoms with Gasteiger partial charge in [-0.1, -0.05) is 38.1 Å². The number of likely N-dealkylation sites (tertiary alicyclic amines) is 2. The molecular formula is C24H32N2O3. The summed E-state index contributed by atoms with van der Waals surface area (Å²) in [6.45, 7) is 8.29. The highest BCUT2D eigenvalue weighted by molar-refractivity contribution is 5.84. The summed E-state index contributed by atoms with van der Waals surface area (Å²) >= 11 is 0. The molecule has 1 aromatic heterocycles. The maximum absolute atomic E-state index is 13.4. The minimum atomic E-state index is -0.247. The van der Waals surface area contributed by atoms with Gasteiger partial charge in [-0.2, -0.15) is 0 Å². The second-order valence-electron chi connectivity index (χ2n) is 8.99.